The molecule has 3 amide bonds. The zero-order valence-electron chi connectivity index (χ0n) is 34.9. The van der Waals surface area contributed by atoms with Crippen LogP contribution in [0.2, 0.25) is 0 Å². The number of piperidine rings is 1. The first-order valence-corrected chi connectivity index (χ1v) is 21.4. The maximum atomic E-state index is 14.3. The van der Waals surface area contributed by atoms with Crippen LogP contribution in [0.5, 0.6) is 0 Å². The normalized spacial score (nSPS) is 15.3. The van der Waals surface area contributed by atoms with Gasteiger partial charge in [-0.1, -0.05) is 18.2 Å². The minimum Gasteiger partial charge on any atom is -0.444 e. The number of benzene rings is 2. The number of hydrogen-bond donors (Lipinski definition) is 5. The van der Waals surface area contributed by atoms with Gasteiger partial charge in [-0.05, 0) is 105 Å². The van der Waals surface area contributed by atoms with Crippen molar-refractivity contribution in [3.05, 3.63) is 100 Å². The molecule has 5 N–H and O–H groups in total. The molecule has 6 aromatic rings. The van der Waals surface area contributed by atoms with Gasteiger partial charge in [0, 0.05) is 62.7 Å². The van der Waals surface area contributed by atoms with Crippen molar-refractivity contribution >= 4 is 40.3 Å². The number of anilines is 2. The maximum absolute atomic E-state index is 14.3. The fraction of sp³-hybridized carbons (Fsp3) is 0.400. The number of aromatic nitrogens is 6. The molecule has 1 saturated carbocycles. The second-order valence-corrected chi connectivity index (χ2v) is 16.1. The zero-order valence-corrected chi connectivity index (χ0v) is 34.9. The number of carbonyl (C=O) groups is 3. The lowest BCUT2D eigenvalue weighted by Crippen LogP contribution is -2.44. The van der Waals surface area contributed by atoms with Gasteiger partial charge in [0.1, 0.15) is 18.1 Å². The molecule has 330 valence electrons. The Morgan fingerprint density at radius 3 is 2.63 bits per heavy atom. The lowest BCUT2D eigenvalue weighted by atomic mass is 10.0. The molecule has 2 aromatic carbocycles. The zero-order chi connectivity index (χ0) is 43.9. The number of hydrogen-bond acceptors (Lipinski definition) is 11. The number of aromatic amines is 1. The summed E-state index contributed by atoms with van der Waals surface area (Å²) in [5.41, 5.74) is 4.40. The molecule has 0 spiro atoms. The number of H-pyrrole nitrogens is 1. The smallest absolute Gasteiger partial charge is 0.329 e. The van der Waals surface area contributed by atoms with E-state index in [1.54, 1.807) is 36.0 Å². The van der Waals surface area contributed by atoms with Crippen LogP contribution in [0.25, 0.3) is 33.7 Å². The third-order valence-corrected chi connectivity index (χ3v) is 11.5. The third-order valence-electron chi connectivity index (χ3n) is 11.5. The number of fused-ring (bicyclic) bond motifs is 1. The van der Waals surface area contributed by atoms with Gasteiger partial charge in [0.05, 0.1) is 28.6 Å². The van der Waals surface area contributed by atoms with E-state index in [0.29, 0.717) is 71.5 Å². The molecule has 4 aromatic heterocycles. The van der Waals surface area contributed by atoms with E-state index in [1.807, 2.05) is 24.3 Å². The van der Waals surface area contributed by atoms with Crippen molar-refractivity contribution in [2.75, 3.05) is 36.9 Å². The SMILES string of the molecule is Cn1c(=O)n([C@H]2CCC(=O)NC2=O)c2ccc(CCCCOCCCCNCc3ccc(-c4[nH]ncc4NC(=O)c4coc(-c5ccnc(NCC6CC6)c5)n4)cc3C(F)F)cc21. The number of aryl methyl sites for hydroxylation is 2. The van der Waals surface area contributed by atoms with Crippen LogP contribution in [-0.2, 0) is 34.3 Å². The average molecular weight is 865 g/mol. The molecule has 1 aliphatic heterocycles. The average Bonchev–Trinajstić information content (AvgIpc) is 3.66. The molecule has 2 aliphatic rings. The second-order valence-electron chi connectivity index (χ2n) is 16.1. The minimum absolute atomic E-state index is 0.0451. The highest BCUT2D eigenvalue weighted by atomic mass is 19.3. The van der Waals surface area contributed by atoms with Gasteiger partial charge in [0.25, 0.3) is 12.3 Å². The molecule has 1 atom stereocenters. The maximum Gasteiger partial charge on any atom is 0.329 e. The highest BCUT2D eigenvalue weighted by Crippen LogP contribution is 2.33. The van der Waals surface area contributed by atoms with Crippen LogP contribution in [0.3, 0.4) is 0 Å². The molecule has 8 rings (SSSR count). The molecule has 0 radical (unpaired) electrons. The van der Waals surface area contributed by atoms with E-state index in [-0.39, 0.29) is 41.7 Å². The van der Waals surface area contributed by atoms with Crippen molar-refractivity contribution in [2.24, 2.45) is 13.0 Å². The van der Waals surface area contributed by atoms with Crippen LogP contribution in [0.4, 0.5) is 20.3 Å². The molecule has 18 heteroatoms. The largest absolute Gasteiger partial charge is 0.444 e. The Morgan fingerprint density at radius 2 is 1.83 bits per heavy atom. The number of alkyl halides is 2. The van der Waals surface area contributed by atoms with Crippen molar-refractivity contribution in [3.63, 3.8) is 0 Å². The van der Waals surface area contributed by atoms with E-state index >= 15 is 0 Å². The number of carbonyl (C=O) groups excluding carboxylic acids is 3. The van der Waals surface area contributed by atoms with Gasteiger partial charge < -0.3 is 25.1 Å². The quantitative estimate of drug-likeness (QED) is 0.0382. The summed E-state index contributed by atoms with van der Waals surface area (Å²) in [7, 11) is 1.69. The summed E-state index contributed by atoms with van der Waals surface area (Å²) in [5, 5.41) is 18.6. The molecule has 1 aliphatic carbocycles. The summed E-state index contributed by atoms with van der Waals surface area (Å²) in [6.45, 7) is 2.94. The topological polar surface area (TPSA) is 203 Å². The standard InChI is InChI=1S/C45H50F2N10O6/c1-56-37-20-27(9-12-35(37)57(45(56)61)36-13-14-39(58)54-43(36)60)6-2-4-18-62-19-5-3-16-48-24-31-11-10-29(21-32(31)41(46)47)40-33(25-51-55-40)52-42(59)34-26-63-44(53-34)30-15-17-49-38(22-30)50-23-28-7-8-28/h9-12,15,17,20-22,25-26,28,36,41,48H,2-8,13-14,16,18-19,23-24H2,1H3,(H,49,50)(H,51,55)(H,52,59)(H,54,58,60)/t36-/m0/s1. The molecule has 5 heterocycles. The van der Waals surface area contributed by atoms with Gasteiger partial charge in [-0.3, -0.25) is 33.9 Å². The number of nitrogens with zero attached hydrogens (tertiary/aromatic N) is 5. The number of pyridine rings is 1. The van der Waals surface area contributed by atoms with Crippen molar-refractivity contribution in [2.45, 2.75) is 76.8 Å². The van der Waals surface area contributed by atoms with Gasteiger partial charge in [-0.2, -0.15) is 5.10 Å². The molecule has 63 heavy (non-hydrogen) atoms. The lowest BCUT2D eigenvalue weighted by Gasteiger charge is -2.21. The van der Waals surface area contributed by atoms with Crippen LogP contribution in [0.1, 0.15) is 91.0 Å². The van der Waals surface area contributed by atoms with Crippen LogP contribution in [0.15, 0.2) is 76.4 Å². The Balaban J connectivity index is 0.748. The van der Waals surface area contributed by atoms with Crippen LogP contribution in [-0.4, -0.2) is 73.3 Å². The number of rotatable bonds is 21. The summed E-state index contributed by atoms with van der Waals surface area (Å²) in [4.78, 5) is 59.0. The van der Waals surface area contributed by atoms with Crippen LogP contribution >= 0.6 is 0 Å². The molecule has 1 saturated heterocycles. The van der Waals surface area contributed by atoms with E-state index in [2.05, 4.69) is 41.4 Å². The lowest BCUT2D eigenvalue weighted by molar-refractivity contribution is -0.135. The fourth-order valence-electron chi connectivity index (χ4n) is 7.75. The summed E-state index contributed by atoms with van der Waals surface area (Å²) >= 11 is 0. The summed E-state index contributed by atoms with van der Waals surface area (Å²) in [5.74, 6) is 0.323. The van der Waals surface area contributed by atoms with E-state index < -0.39 is 24.3 Å². The summed E-state index contributed by atoms with van der Waals surface area (Å²) in [6, 6.07) is 13.5. The van der Waals surface area contributed by atoms with E-state index in [0.717, 1.165) is 49.7 Å². The number of amides is 3. The Morgan fingerprint density at radius 1 is 0.984 bits per heavy atom. The minimum atomic E-state index is -2.72. The monoisotopic (exact) mass is 864 g/mol. The van der Waals surface area contributed by atoms with Crippen molar-refractivity contribution in [1.29, 1.82) is 0 Å². The Kier molecular flexibility index (Phi) is 13.5. The van der Waals surface area contributed by atoms with E-state index in [9.17, 15) is 28.0 Å². The second kappa shape index (κ2) is 19.7. The molecular formula is C45H50F2N10O6. The van der Waals surface area contributed by atoms with Gasteiger partial charge in [0.2, 0.25) is 17.7 Å². The van der Waals surface area contributed by atoms with Gasteiger partial charge in [0.15, 0.2) is 5.69 Å². The third kappa shape index (κ3) is 10.4. The van der Waals surface area contributed by atoms with Crippen molar-refractivity contribution in [1.82, 2.24) is 39.9 Å². The molecule has 0 bridgehead atoms. The number of oxazole rings is 1. The Bertz CT molecular complexity index is 2650. The first-order chi connectivity index (χ1) is 30.6. The first kappa shape index (κ1) is 43.1. The van der Waals surface area contributed by atoms with Crippen molar-refractivity contribution < 1.29 is 32.3 Å². The fourth-order valence-corrected chi connectivity index (χ4v) is 7.75. The summed E-state index contributed by atoms with van der Waals surface area (Å²) in [6.07, 6.45) is 8.72. The Labute approximate surface area is 361 Å². The van der Waals surface area contributed by atoms with Crippen molar-refractivity contribution in [3.8, 4) is 22.7 Å². The highest BCUT2D eigenvalue weighted by molar-refractivity contribution is 6.04. The number of imidazole rings is 1. The predicted molar refractivity (Wildman–Crippen MR) is 231 cm³/mol. The number of unbranched alkanes of at least 4 members (excludes halogenated alkanes) is 2. The van der Waals surface area contributed by atoms with Crippen LogP contribution in [0, 0.1) is 5.92 Å². The highest BCUT2D eigenvalue weighted by Gasteiger charge is 2.31. The van der Waals surface area contributed by atoms with Gasteiger partial charge >= 0.3 is 5.69 Å². The first-order valence-electron chi connectivity index (χ1n) is 21.4. The Hall–Kier alpha value is -6.53. The predicted octanol–water partition coefficient (Wildman–Crippen LogP) is 6.68. The number of imide groups is 1. The van der Waals surface area contributed by atoms with Crippen LogP contribution < -0.4 is 27.0 Å². The van der Waals surface area contributed by atoms with Gasteiger partial charge in [-0.25, -0.2) is 23.5 Å². The van der Waals surface area contributed by atoms with Gasteiger partial charge in [-0.15, -0.1) is 0 Å². The molecule has 16 nitrogen and oxygen atoms in total. The molecule has 2 fully saturated rings. The number of nitrogens with one attached hydrogen (secondary N) is 5. The molecule has 0 unspecified atom stereocenters. The van der Waals surface area contributed by atoms with E-state index in [1.165, 1.54) is 35.9 Å². The number of ether oxygens (including phenoxy) is 1. The molecular weight excluding hydrogens is 815 g/mol. The van der Waals surface area contributed by atoms with E-state index in [4.69, 9.17) is 9.15 Å². The number of halogens is 2. The summed E-state index contributed by atoms with van der Waals surface area (Å²) < 4.78 is 43.1.